The summed E-state index contributed by atoms with van der Waals surface area (Å²) in [6.45, 7) is 6.16. The van der Waals surface area contributed by atoms with Crippen LogP contribution < -0.4 is 4.90 Å². The molecule has 23 heavy (non-hydrogen) atoms. The van der Waals surface area contributed by atoms with E-state index < -0.39 is 0 Å². The lowest BCUT2D eigenvalue weighted by Gasteiger charge is -2.41. The predicted octanol–water partition coefficient (Wildman–Crippen LogP) is 2.09. The third-order valence-corrected chi connectivity index (χ3v) is 5.73. The summed E-state index contributed by atoms with van der Waals surface area (Å²) < 4.78 is 18.5. The first-order valence-corrected chi connectivity index (χ1v) is 8.78. The van der Waals surface area contributed by atoms with Crippen molar-refractivity contribution in [2.45, 2.75) is 38.1 Å². The highest BCUT2D eigenvalue weighted by molar-refractivity contribution is 5.30. The highest BCUT2D eigenvalue weighted by Gasteiger charge is 2.43. The first-order valence-electron chi connectivity index (χ1n) is 8.78. The molecule has 0 amide bonds. The van der Waals surface area contributed by atoms with Gasteiger partial charge in [-0.05, 0) is 38.6 Å². The Kier molecular flexibility index (Phi) is 4.20. The number of halogens is 1. The van der Waals surface area contributed by atoms with Gasteiger partial charge in [-0.25, -0.2) is 14.4 Å². The van der Waals surface area contributed by atoms with Crippen LogP contribution in [0.4, 0.5) is 10.3 Å². The molecule has 5 nitrogen and oxygen atoms in total. The molecule has 6 heteroatoms. The molecule has 1 spiro atoms. The molecule has 1 aromatic heterocycles. The predicted molar refractivity (Wildman–Crippen MR) is 85.9 cm³/mol. The summed E-state index contributed by atoms with van der Waals surface area (Å²) >= 11 is 0. The Labute approximate surface area is 136 Å². The van der Waals surface area contributed by atoms with Gasteiger partial charge in [0.05, 0.1) is 12.4 Å². The maximum Gasteiger partial charge on any atom is 0.225 e. The Morgan fingerprint density at radius 3 is 2.65 bits per heavy atom. The van der Waals surface area contributed by atoms with Crippen LogP contribution in [-0.2, 0) is 4.74 Å². The minimum absolute atomic E-state index is 0.355. The lowest BCUT2D eigenvalue weighted by atomic mass is 9.79. The average Bonchev–Trinajstić information content (AvgIpc) is 3.00. The first kappa shape index (κ1) is 15.3. The number of ether oxygens (including phenoxy) is 1. The Morgan fingerprint density at radius 1 is 1.09 bits per heavy atom. The van der Waals surface area contributed by atoms with E-state index in [2.05, 4.69) is 19.8 Å². The lowest BCUT2D eigenvalue weighted by Crippen LogP contribution is -2.47. The van der Waals surface area contributed by atoms with E-state index in [9.17, 15) is 4.39 Å². The molecule has 0 radical (unpaired) electrons. The SMILES string of the molecule is Fc1cnc(N2CCC[C@]3(CCN(C4CCOCC4)C3)C2)nc1. The molecular weight excluding hydrogens is 295 g/mol. The van der Waals surface area contributed by atoms with Crippen molar-refractivity contribution in [2.24, 2.45) is 5.41 Å². The zero-order chi connectivity index (χ0) is 15.7. The summed E-state index contributed by atoms with van der Waals surface area (Å²) in [7, 11) is 0. The van der Waals surface area contributed by atoms with Gasteiger partial charge in [0.1, 0.15) is 0 Å². The Hall–Kier alpha value is -1.27. The van der Waals surface area contributed by atoms with Crippen molar-refractivity contribution < 1.29 is 9.13 Å². The Balaban J connectivity index is 1.43. The van der Waals surface area contributed by atoms with E-state index in [0.717, 1.165) is 26.3 Å². The van der Waals surface area contributed by atoms with E-state index in [-0.39, 0.29) is 5.82 Å². The van der Waals surface area contributed by atoms with Crippen LogP contribution in [0.2, 0.25) is 0 Å². The van der Waals surface area contributed by atoms with Gasteiger partial charge in [-0.3, -0.25) is 4.90 Å². The van der Waals surface area contributed by atoms with Gasteiger partial charge in [-0.2, -0.15) is 0 Å². The number of aromatic nitrogens is 2. The minimum atomic E-state index is -0.368. The third kappa shape index (κ3) is 3.19. The van der Waals surface area contributed by atoms with Gasteiger partial charge in [0.25, 0.3) is 0 Å². The fourth-order valence-corrected chi connectivity index (χ4v) is 4.51. The second-order valence-corrected chi connectivity index (χ2v) is 7.29. The maximum atomic E-state index is 13.0. The number of nitrogens with zero attached hydrogens (tertiary/aromatic N) is 4. The van der Waals surface area contributed by atoms with Crippen molar-refractivity contribution in [1.29, 1.82) is 0 Å². The molecule has 3 aliphatic rings. The molecule has 0 unspecified atom stereocenters. The molecule has 4 rings (SSSR count). The molecular formula is C17H25FN4O. The van der Waals surface area contributed by atoms with Crippen LogP contribution in [-0.4, -0.2) is 60.3 Å². The third-order valence-electron chi connectivity index (χ3n) is 5.73. The van der Waals surface area contributed by atoms with E-state index in [1.807, 2.05) is 0 Å². The summed E-state index contributed by atoms with van der Waals surface area (Å²) in [6, 6.07) is 0.695. The van der Waals surface area contributed by atoms with Crippen molar-refractivity contribution in [3.63, 3.8) is 0 Å². The van der Waals surface area contributed by atoms with E-state index in [1.54, 1.807) is 0 Å². The van der Waals surface area contributed by atoms with Gasteiger partial charge in [0.2, 0.25) is 5.95 Å². The molecule has 0 N–H and O–H groups in total. The quantitative estimate of drug-likeness (QED) is 0.834. The number of piperidine rings is 1. The van der Waals surface area contributed by atoms with Crippen molar-refractivity contribution in [3.8, 4) is 0 Å². The van der Waals surface area contributed by atoms with Crippen LogP contribution >= 0.6 is 0 Å². The number of hydrogen-bond acceptors (Lipinski definition) is 5. The van der Waals surface area contributed by atoms with E-state index in [0.29, 0.717) is 17.4 Å². The first-order chi connectivity index (χ1) is 11.2. The van der Waals surface area contributed by atoms with Gasteiger partial charge in [-0.15, -0.1) is 0 Å². The molecule has 0 aliphatic carbocycles. The van der Waals surface area contributed by atoms with Crippen LogP contribution in [0, 0.1) is 11.2 Å². The number of rotatable bonds is 2. The lowest BCUT2D eigenvalue weighted by molar-refractivity contribution is 0.0375. The van der Waals surface area contributed by atoms with Crippen molar-refractivity contribution in [2.75, 3.05) is 44.3 Å². The molecule has 0 saturated carbocycles. The summed E-state index contributed by atoms with van der Waals surface area (Å²) in [5.41, 5.74) is 0.355. The standard InChI is InChI=1S/C17H25FN4O/c18-14-10-19-16(20-11-14)22-6-1-4-17(13-22)5-7-21(12-17)15-2-8-23-9-3-15/h10-11,15H,1-9,12-13H2/t17-/m1/s1. The van der Waals surface area contributed by atoms with Gasteiger partial charge in [0.15, 0.2) is 5.82 Å². The topological polar surface area (TPSA) is 41.5 Å². The van der Waals surface area contributed by atoms with Crippen molar-refractivity contribution in [1.82, 2.24) is 14.9 Å². The zero-order valence-corrected chi connectivity index (χ0v) is 13.6. The summed E-state index contributed by atoms with van der Waals surface area (Å²) in [5, 5.41) is 0. The normalized spacial score (nSPS) is 30.2. The summed E-state index contributed by atoms with van der Waals surface area (Å²) in [4.78, 5) is 13.3. The van der Waals surface area contributed by atoms with Crippen LogP contribution in [0.25, 0.3) is 0 Å². The maximum absolute atomic E-state index is 13.0. The fraction of sp³-hybridized carbons (Fsp3) is 0.765. The zero-order valence-electron chi connectivity index (χ0n) is 13.6. The van der Waals surface area contributed by atoms with Crippen LogP contribution in [0.3, 0.4) is 0 Å². The van der Waals surface area contributed by atoms with Crippen LogP contribution in [0.15, 0.2) is 12.4 Å². The number of hydrogen-bond donors (Lipinski definition) is 0. The fourth-order valence-electron chi connectivity index (χ4n) is 4.51. The molecule has 0 bridgehead atoms. The molecule has 4 heterocycles. The molecule has 1 aromatic rings. The smallest absolute Gasteiger partial charge is 0.225 e. The number of likely N-dealkylation sites (tertiary alicyclic amines) is 1. The van der Waals surface area contributed by atoms with Crippen LogP contribution in [0.5, 0.6) is 0 Å². The van der Waals surface area contributed by atoms with E-state index >= 15 is 0 Å². The molecule has 3 fully saturated rings. The van der Waals surface area contributed by atoms with E-state index in [4.69, 9.17) is 4.74 Å². The van der Waals surface area contributed by atoms with Gasteiger partial charge >= 0.3 is 0 Å². The molecule has 0 aromatic carbocycles. The summed E-state index contributed by atoms with van der Waals surface area (Å²) in [6.07, 6.45) is 8.58. The largest absolute Gasteiger partial charge is 0.381 e. The molecule has 3 aliphatic heterocycles. The molecule has 1 atom stereocenters. The Morgan fingerprint density at radius 2 is 1.87 bits per heavy atom. The highest BCUT2D eigenvalue weighted by Crippen LogP contribution is 2.41. The summed E-state index contributed by atoms with van der Waals surface area (Å²) in [5.74, 6) is 0.307. The van der Waals surface area contributed by atoms with E-state index in [1.165, 1.54) is 57.6 Å². The van der Waals surface area contributed by atoms with Gasteiger partial charge in [0, 0.05) is 44.3 Å². The van der Waals surface area contributed by atoms with Gasteiger partial charge < -0.3 is 9.64 Å². The van der Waals surface area contributed by atoms with Gasteiger partial charge in [-0.1, -0.05) is 0 Å². The highest BCUT2D eigenvalue weighted by atomic mass is 19.1. The Bertz CT molecular complexity index is 534. The van der Waals surface area contributed by atoms with Crippen LogP contribution in [0.1, 0.15) is 32.1 Å². The molecule has 3 saturated heterocycles. The number of anilines is 1. The second kappa shape index (κ2) is 6.32. The average molecular weight is 320 g/mol. The molecule has 126 valence electrons. The van der Waals surface area contributed by atoms with Crippen molar-refractivity contribution in [3.05, 3.63) is 18.2 Å². The second-order valence-electron chi connectivity index (χ2n) is 7.29. The minimum Gasteiger partial charge on any atom is -0.381 e. The monoisotopic (exact) mass is 320 g/mol. The van der Waals surface area contributed by atoms with Crippen molar-refractivity contribution >= 4 is 5.95 Å².